The Morgan fingerprint density at radius 3 is 1.90 bits per heavy atom. The molecular formula is C16H16FeO3. The second-order valence-corrected chi connectivity index (χ2v) is 4.47. The van der Waals surface area contributed by atoms with Gasteiger partial charge in [0.25, 0.3) is 0 Å². The van der Waals surface area contributed by atoms with Crippen molar-refractivity contribution in [2.24, 2.45) is 11.8 Å². The Morgan fingerprint density at radius 1 is 0.950 bits per heavy atom. The summed E-state index contributed by atoms with van der Waals surface area (Å²) in [6, 6.07) is 0. The van der Waals surface area contributed by atoms with Crippen molar-refractivity contribution in [3.63, 3.8) is 0 Å². The quantitative estimate of drug-likeness (QED) is 0.589. The van der Waals surface area contributed by atoms with Crippen molar-refractivity contribution in [1.29, 1.82) is 0 Å². The van der Waals surface area contributed by atoms with Crippen molar-refractivity contribution in [2.45, 2.75) is 6.42 Å². The number of carbonyl (C=O) groups is 2. The molecule has 3 saturated carbocycles. The van der Waals surface area contributed by atoms with E-state index in [2.05, 4.69) is 4.74 Å². The molecule has 0 aromatic carbocycles. The Balaban J connectivity index is 0.000000283. The first kappa shape index (κ1) is 17.7. The van der Waals surface area contributed by atoms with Crippen molar-refractivity contribution < 1.29 is 31.4 Å². The topological polar surface area (TPSA) is 43.4 Å². The van der Waals surface area contributed by atoms with Crippen LogP contribution in [0.15, 0.2) is 0 Å². The molecule has 0 amide bonds. The maximum Gasteiger partial charge on any atom is 0.309 e. The Morgan fingerprint density at radius 2 is 1.45 bits per heavy atom. The average Bonchev–Trinajstić information content (AvgIpc) is 2.93. The zero-order valence-electron chi connectivity index (χ0n) is 11.1. The summed E-state index contributed by atoms with van der Waals surface area (Å²) < 4.78 is 4.58. The van der Waals surface area contributed by atoms with Crippen LogP contribution >= 0.6 is 0 Å². The maximum atomic E-state index is 11.7. The predicted molar refractivity (Wildman–Crippen MR) is 70.6 cm³/mol. The largest absolute Gasteiger partial charge is 0.469 e. The van der Waals surface area contributed by atoms with Gasteiger partial charge in [-0.15, -0.1) is 0 Å². The summed E-state index contributed by atoms with van der Waals surface area (Å²) in [7, 11) is 1.35. The molecular weight excluding hydrogens is 296 g/mol. The summed E-state index contributed by atoms with van der Waals surface area (Å²) in [5.41, 5.74) is 0. The third-order valence-electron chi connectivity index (χ3n) is 3.13. The van der Waals surface area contributed by atoms with Gasteiger partial charge < -0.3 is 4.74 Å². The Bertz CT molecular complexity index is 312. The number of hydrogen-bond acceptors (Lipinski definition) is 3. The number of ether oxygens (including phenoxy) is 1. The van der Waals surface area contributed by atoms with Gasteiger partial charge in [-0.3, -0.25) is 9.59 Å². The first-order chi connectivity index (χ1) is 9.24. The van der Waals surface area contributed by atoms with E-state index in [1.54, 1.807) is 12.8 Å². The third-order valence-corrected chi connectivity index (χ3v) is 3.13. The molecule has 0 spiro atoms. The van der Waals surface area contributed by atoms with Gasteiger partial charge in [0.2, 0.25) is 0 Å². The molecule has 3 nitrogen and oxygen atoms in total. The molecule has 0 bridgehead atoms. The summed E-state index contributed by atoms with van der Waals surface area (Å²) in [4.78, 5) is 22.8. The third kappa shape index (κ3) is 4.89. The van der Waals surface area contributed by atoms with E-state index in [1.807, 2.05) is 44.9 Å². The van der Waals surface area contributed by atoms with Crippen molar-refractivity contribution >= 4 is 11.8 Å². The predicted octanol–water partition coefficient (Wildman–Crippen LogP) is 1.79. The molecule has 10 radical (unpaired) electrons. The number of ketones is 1. The van der Waals surface area contributed by atoms with Gasteiger partial charge in [0.15, 0.2) is 0 Å². The van der Waals surface area contributed by atoms with Crippen LogP contribution in [0.25, 0.3) is 0 Å². The minimum atomic E-state index is -0.269. The fraction of sp³-hybridized carbons (Fsp3) is 0.250. The minimum absolute atomic E-state index is 0. The fourth-order valence-corrected chi connectivity index (χ4v) is 1.97. The molecule has 0 aromatic rings. The Hall–Kier alpha value is -0.341. The molecule has 4 heteroatoms. The zero-order chi connectivity index (χ0) is 13.7. The number of esters is 1. The van der Waals surface area contributed by atoms with Gasteiger partial charge in [0, 0.05) is 28.9 Å². The van der Waals surface area contributed by atoms with Crippen molar-refractivity contribution in [3.05, 3.63) is 63.7 Å². The molecule has 3 aliphatic rings. The van der Waals surface area contributed by atoms with Crippen LogP contribution in [-0.2, 0) is 31.4 Å². The molecule has 20 heavy (non-hydrogen) atoms. The van der Waals surface area contributed by atoms with Gasteiger partial charge in [0.05, 0.1) is 13.0 Å². The normalized spacial score (nSPS) is 28.1. The molecule has 0 N–H and O–H groups in total. The van der Waals surface area contributed by atoms with E-state index in [0.29, 0.717) is 12.3 Å². The van der Waals surface area contributed by atoms with Crippen LogP contribution in [0.4, 0.5) is 0 Å². The molecule has 3 aliphatic carbocycles. The first-order valence-corrected chi connectivity index (χ1v) is 6.24. The molecule has 0 heterocycles. The first-order valence-electron chi connectivity index (χ1n) is 6.24. The van der Waals surface area contributed by atoms with Gasteiger partial charge >= 0.3 is 5.97 Å². The Labute approximate surface area is 132 Å². The summed E-state index contributed by atoms with van der Waals surface area (Å²) >= 11 is 0. The van der Waals surface area contributed by atoms with E-state index in [-0.39, 0.29) is 40.7 Å². The van der Waals surface area contributed by atoms with Crippen LogP contribution in [0.2, 0.25) is 0 Å². The molecule has 0 unspecified atom stereocenters. The number of rotatable bonds is 3. The van der Waals surface area contributed by atoms with Gasteiger partial charge in [-0.05, 0) is 64.2 Å². The summed E-state index contributed by atoms with van der Waals surface area (Å²) in [6.45, 7) is 0. The van der Waals surface area contributed by atoms with Crippen LogP contribution in [0.1, 0.15) is 6.42 Å². The van der Waals surface area contributed by atoms with Crippen LogP contribution in [0.5, 0.6) is 0 Å². The van der Waals surface area contributed by atoms with Crippen LogP contribution in [0.3, 0.4) is 0 Å². The van der Waals surface area contributed by atoms with E-state index >= 15 is 0 Å². The molecule has 0 aromatic heterocycles. The number of carbonyl (C=O) groups excluding carboxylic acids is 2. The molecule has 106 valence electrons. The smallest absolute Gasteiger partial charge is 0.309 e. The monoisotopic (exact) mass is 312 g/mol. The zero-order valence-corrected chi connectivity index (χ0v) is 12.2. The van der Waals surface area contributed by atoms with E-state index in [4.69, 9.17) is 0 Å². The van der Waals surface area contributed by atoms with E-state index in [0.717, 1.165) is 0 Å². The van der Waals surface area contributed by atoms with E-state index in [9.17, 15) is 9.59 Å². The molecule has 0 aliphatic heterocycles. The molecule has 3 fully saturated rings. The fourth-order valence-electron chi connectivity index (χ4n) is 1.97. The molecule has 3 rings (SSSR count). The second kappa shape index (κ2) is 8.84. The maximum absolute atomic E-state index is 11.7. The van der Waals surface area contributed by atoms with Crippen LogP contribution in [0, 0.1) is 75.5 Å². The van der Waals surface area contributed by atoms with Gasteiger partial charge in [-0.2, -0.15) is 0 Å². The van der Waals surface area contributed by atoms with E-state index < -0.39 is 0 Å². The summed E-state index contributed by atoms with van der Waals surface area (Å²) in [5, 5.41) is 0. The van der Waals surface area contributed by atoms with Crippen LogP contribution < -0.4 is 0 Å². The van der Waals surface area contributed by atoms with Crippen molar-refractivity contribution in [1.82, 2.24) is 0 Å². The average molecular weight is 312 g/mol. The Kier molecular flexibility index (Phi) is 7.83. The second-order valence-electron chi connectivity index (χ2n) is 4.47. The SMILES string of the molecule is COC(=O)[C@H]1C[C@H]1C(=O)[C]1[CH][CH][CH][CH]1.[CH]1[CH][CH][CH][CH]1.[Fe]. The van der Waals surface area contributed by atoms with Crippen molar-refractivity contribution in [3.8, 4) is 0 Å². The summed E-state index contributed by atoms with van der Waals surface area (Å²) in [6.07, 6.45) is 17.8. The molecule has 2 atom stereocenters. The standard InChI is InChI=1S/C11H11O3.C5H5.Fe/c1-14-11(13)9-6-8(9)10(12)7-4-2-3-5-7;1-2-4-5-3-1;/h2-5,8-9H,6H2,1H3;1-5H;/t8-,9+;;/m1../s1. The summed E-state index contributed by atoms with van der Waals surface area (Å²) in [5.74, 6) is 0.133. The number of Topliss-reactive ketones (excluding diaryl/α,β-unsaturated/α-hetero) is 1. The van der Waals surface area contributed by atoms with Crippen LogP contribution in [-0.4, -0.2) is 18.9 Å². The number of methoxy groups -OCH3 is 1. The van der Waals surface area contributed by atoms with Crippen molar-refractivity contribution in [2.75, 3.05) is 7.11 Å². The van der Waals surface area contributed by atoms with Gasteiger partial charge in [-0.1, -0.05) is 0 Å². The minimum Gasteiger partial charge on any atom is -0.469 e. The number of hydrogen-bond donors (Lipinski definition) is 0. The van der Waals surface area contributed by atoms with Gasteiger partial charge in [0.1, 0.15) is 5.78 Å². The molecule has 0 saturated heterocycles. The van der Waals surface area contributed by atoms with Gasteiger partial charge in [-0.25, -0.2) is 0 Å². The van der Waals surface area contributed by atoms with E-state index in [1.165, 1.54) is 7.11 Å².